The molecule has 0 radical (unpaired) electrons. The fourth-order valence-electron chi connectivity index (χ4n) is 1.81. The molecule has 1 aliphatic carbocycles. The molecule has 0 amide bonds. The van der Waals surface area contributed by atoms with Gasteiger partial charge in [0, 0.05) is 37.1 Å². The van der Waals surface area contributed by atoms with Crippen molar-refractivity contribution in [2.75, 3.05) is 13.6 Å². The zero-order valence-electron chi connectivity index (χ0n) is 11.4. The molecule has 0 bridgehead atoms. The quantitative estimate of drug-likeness (QED) is 0.631. The molecule has 1 aromatic rings. The van der Waals surface area contributed by atoms with Gasteiger partial charge in [-0.25, -0.2) is 4.98 Å². The molecule has 0 aliphatic heterocycles. The number of rotatable bonds is 5. The monoisotopic (exact) mass is 266 g/mol. The lowest BCUT2D eigenvalue weighted by Crippen LogP contribution is -2.39. The molecular weight excluding hydrogens is 244 g/mol. The van der Waals surface area contributed by atoms with Gasteiger partial charge in [0.1, 0.15) is 0 Å². The van der Waals surface area contributed by atoms with E-state index in [1.165, 1.54) is 16.3 Å². The van der Waals surface area contributed by atoms with E-state index in [0.717, 1.165) is 31.3 Å². The molecule has 5 heteroatoms. The molecule has 1 aromatic heterocycles. The van der Waals surface area contributed by atoms with Gasteiger partial charge in [-0.1, -0.05) is 13.8 Å². The van der Waals surface area contributed by atoms with Crippen LogP contribution in [0.15, 0.2) is 11.2 Å². The van der Waals surface area contributed by atoms with E-state index in [0.29, 0.717) is 6.04 Å². The van der Waals surface area contributed by atoms with Crippen molar-refractivity contribution in [1.82, 2.24) is 15.6 Å². The van der Waals surface area contributed by atoms with Crippen molar-refractivity contribution in [3.05, 3.63) is 16.1 Å². The van der Waals surface area contributed by atoms with Crippen LogP contribution in [0.4, 0.5) is 0 Å². The number of nitrogens with zero attached hydrogens (tertiary/aromatic N) is 2. The van der Waals surface area contributed by atoms with Crippen LogP contribution in [0.25, 0.3) is 0 Å². The predicted molar refractivity (Wildman–Crippen MR) is 77.3 cm³/mol. The molecule has 1 fully saturated rings. The first kappa shape index (κ1) is 13.3. The highest BCUT2D eigenvalue weighted by molar-refractivity contribution is 7.11. The molecule has 4 nitrogen and oxygen atoms in total. The minimum atomic E-state index is 0.614. The van der Waals surface area contributed by atoms with Gasteiger partial charge in [0.25, 0.3) is 0 Å². The minimum absolute atomic E-state index is 0.614. The van der Waals surface area contributed by atoms with Crippen molar-refractivity contribution in [2.24, 2.45) is 10.9 Å². The number of aliphatic imine (C=N–C) groups is 1. The van der Waals surface area contributed by atoms with Crippen LogP contribution in [0.2, 0.25) is 0 Å². The van der Waals surface area contributed by atoms with E-state index >= 15 is 0 Å². The summed E-state index contributed by atoms with van der Waals surface area (Å²) in [6.07, 6.45) is 5.28. The molecule has 18 heavy (non-hydrogen) atoms. The van der Waals surface area contributed by atoms with Crippen LogP contribution in [-0.4, -0.2) is 30.6 Å². The van der Waals surface area contributed by atoms with Gasteiger partial charge in [-0.3, -0.25) is 4.99 Å². The molecule has 0 spiro atoms. The smallest absolute Gasteiger partial charge is 0.191 e. The van der Waals surface area contributed by atoms with Gasteiger partial charge in [-0.2, -0.15) is 0 Å². The minimum Gasteiger partial charge on any atom is -0.356 e. The third kappa shape index (κ3) is 3.70. The highest BCUT2D eigenvalue weighted by Gasteiger charge is 2.33. The molecule has 1 heterocycles. The largest absolute Gasteiger partial charge is 0.356 e. The summed E-state index contributed by atoms with van der Waals surface area (Å²) in [6.45, 7) is 5.31. The zero-order valence-corrected chi connectivity index (χ0v) is 12.2. The van der Waals surface area contributed by atoms with E-state index < -0.39 is 0 Å². The normalized spacial score (nSPS) is 22.9. The van der Waals surface area contributed by atoms with E-state index in [1.807, 2.05) is 24.6 Å². The molecule has 1 aliphatic rings. The molecule has 1 saturated carbocycles. The van der Waals surface area contributed by atoms with Crippen LogP contribution in [0.5, 0.6) is 0 Å². The molecule has 0 saturated heterocycles. The summed E-state index contributed by atoms with van der Waals surface area (Å²) >= 11 is 1.81. The number of hydrogen-bond acceptors (Lipinski definition) is 3. The fraction of sp³-hybridized carbons (Fsp3) is 0.692. The van der Waals surface area contributed by atoms with Crippen molar-refractivity contribution in [1.29, 1.82) is 0 Å². The van der Waals surface area contributed by atoms with E-state index in [1.54, 1.807) is 0 Å². The lowest BCUT2D eigenvalue weighted by atomic mass is 10.4. The second-order valence-corrected chi connectivity index (χ2v) is 5.99. The number of nitrogens with one attached hydrogen (secondary N) is 2. The Labute approximate surface area is 113 Å². The van der Waals surface area contributed by atoms with Crippen molar-refractivity contribution in [2.45, 2.75) is 39.2 Å². The Kier molecular flexibility index (Phi) is 4.58. The summed E-state index contributed by atoms with van der Waals surface area (Å²) < 4.78 is 0. The average Bonchev–Trinajstić information content (AvgIpc) is 2.90. The van der Waals surface area contributed by atoms with Crippen molar-refractivity contribution < 1.29 is 0 Å². The Bertz CT molecular complexity index is 413. The molecule has 2 N–H and O–H groups in total. The molecule has 2 rings (SSSR count). The number of guanidine groups is 1. The van der Waals surface area contributed by atoms with Crippen molar-refractivity contribution in [3.8, 4) is 0 Å². The number of thiazole rings is 1. The van der Waals surface area contributed by atoms with Crippen LogP contribution >= 0.6 is 11.3 Å². The van der Waals surface area contributed by atoms with Gasteiger partial charge in [0.05, 0.1) is 5.01 Å². The van der Waals surface area contributed by atoms with E-state index in [-0.39, 0.29) is 0 Å². The first-order valence-corrected chi connectivity index (χ1v) is 7.45. The highest BCUT2D eigenvalue weighted by Crippen LogP contribution is 2.28. The van der Waals surface area contributed by atoms with E-state index in [2.05, 4.69) is 34.5 Å². The van der Waals surface area contributed by atoms with Crippen LogP contribution in [0, 0.1) is 5.92 Å². The maximum absolute atomic E-state index is 4.41. The second-order valence-electron chi connectivity index (χ2n) is 4.79. The number of aryl methyl sites for hydroxylation is 1. The van der Waals surface area contributed by atoms with Crippen LogP contribution in [0.1, 0.15) is 30.2 Å². The Morgan fingerprint density at radius 2 is 2.39 bits per heavy atom. The van der Waals surface area contributed by atoms with Crippen LogP contribution in [-0.2, 0) is 12.8 Å². The molecule has 2 unspecified atom stereocenters. The van der Waals surface area contributed by atoms with Gasteiger partial charge in [-0.15, -0.1) is 11.3 Å². The first-order chi connectivity index (χ1) is 8.72. The number of aromatic nitrogens is 1. The summed E-state index contributed by atoms with van der Waals surface area (Å²) in [6, 6.07) is 0.614. The van der Waals surface area contributed by atoms with Gasteiger partial charge < -0.3 is 10.6 Å². The topological polar surface area (TPSA) is 49.3 Å². The van der Waals surface area contributed by atoms with Crippen LogP contribution in [0.3, 0.4) is 0 Å². The summed E-state index contributed by atoms with van der Waals surface area (Å²) in [5.74, 6) is 1.70. The maximum atomic E-state index is 4.41. The fourth-order valence-corrected chi connectivity index (χ4v) is 2.67. The summed E-state index contributed by atoms with van der Waals surface area (Å²) in [4.78, 5) is 10.0. The van der Waals surface area contributed by atoms with Crippen molar-refractivity contribution in [3.63, 3.8) is 0 Å². The third-order valence-corrected chi connectivity index (χ3v) is 4.44. The lowest BCUT2D eigenvalue weighted by molar-refractivity contribution is 0.756. The summed E-state index contributed by atoms with van der Waals surface area (Å²) in [5, 5.41) is 7.96. The van der Waals surface area contributed by atoms with Crippen molar-refractivity contribution >= 4 is 17.3 Å². The Hall–Kier alpha value is -1.10. The summed E-state index contributed by atoms with van der Waals surface area (Å²) in [7, 11) is 1.82. The molecular formula is C13H22N4S. The third-order valence-electron chi connectivity index (χ3n) is 3.24. The number of hydrogen-bond donors (Lipinski definition) is 2. The molecule has 100 valence electrons. The lowest BCUT2D eigenvalue weighted by Gasteiger charge is -2.10. The Morgan fingerprint density at radius 3 is 2.94 bits per heavy atom. The highest BCUT2D eigenvalue weighted by atomic mass is 32.1. The van der Waals surface area contributed by atoms with Gasteiger partial charge in [0.2, 0.25) is 0 Å². The molecule has 0 aromatic carbocycles. The first-order valence-electron chi connectivity index (χ1n) is 6.63. The van der Waals surface area contributed by atoms with E-state index in [4.69, 9.17) is 0 Å². The van der Waals surface area contributed by atoms with Gasteiger partial charge in [0.15, 0.2) is 5.96 Å². The van der Waals surface area contributed by atoms with Crippen LogP contribution < -0.4 is 10.6 Å². The Balaban J connectivity index is 1.70. The average molecular weight is 266 g/mol. The standard InChI is InChI=1S/C13H22N4S/c1-4-10-8-16-12(18-10)5-6-15-13(14-3)17-11-7-9(11)2/h8-9,11H,4-7H2,1-3H3,(H2,14,15,17). The van der Waals surface area contributed by atoms with Gasteiger partial charge in [-0.05, 0) is 18.8 Å². The molecule has 2 atom stereocenters. The van der Waals surface area contributed by atoms with E-state index in [9.17, 15) is 0 Å². The van der Waals surface area contributed by atoms with Gasteiger partial charge >= 0.3 is 0 Å². The second kappa shape index (κ2) is 6.18. The summed E-state index contributed by atoms with van der Waals surface area (Å²) in [5.41, 5.74) is 0. The maximum Gasteiger partial charge on any atom is 0.191 e. The zero-order chi connectivity index (χ0) is 13.0. The SMILES string of the molecule is CCc1cnc(CCNC(=NC)NC2CC2C)s1. The predicted octanol–water partition coefficient (Wildman–Crippen LogP) is 1.82. The Morgan fingerprint density at radius 1 is 1.61 bits per heavy atom.